The van der Waals surface area contributed by atoms with E-state index in [1.54, 1.807) is 60.7 Å². The van der Waals surface area contributed by atoms with Crippen LogP contribution in [0.15, 0.2) is 65.7 Å². The molecular weight excluding hydrogens is 366 g/mol. The van der Waals surface area contributed by atoms with Gasteiger partial charge in [-0.1, -0.05) is 18.2 Å². The van der Waals surface area contributed by atoms with E-state index in [1.165, 1.54) is 0 Å². The number of nitrogens with one attached hydrogen (secondary N) is 2. The third-order valence-corrected chi connectivity index (χ3v) is 3.74. The molecule has 0 saturated carbocycles. The summed E-state index contributed by atoms with van der Waals surface area (Å²) in [6.45, 7) is 0. The van der Waals surface area contributed by atoms with Crippen molar-refractivity contribution in [3.63, 3.8) is 0 Å². The number of amidine groups is 1. The summed E-state index contributed by atoms with van der Waals surface area (Å²) in [5.74, 6) is -0.304. The highest BCUT2D eigenvalue weighted by Gasteiger charge is 2.10. The van der Waals surface area contributed by atoms with E-state index in [0.717, 1.165) is 10.8 Å². The number of halogens is 1. The second kappa shape index (κ2) is 8.20. The first kappa shape index (κ1) is 19.7. The zero-order valence-corrected chi connectivity index (χ0v) is 15.0. The Morgan fingerprint density at radius 1 is 0.926 bits per heavy atom. The van der Waals surface area contributed by atoms with Gasteiger partial charge in [0.05, 0.1) is 5.69 Å². The molecule has 0 saturated heterocycles. The van der Waals surface area contributed by atoms with Crippen LogP contribution >= 0.6 is 12.4 Å². The van der Waals surface area contributed by atoms with Crippen molar-refractivity contribution in [2.45, 2.75) is 0 Å². The average molecular weight is 384 g/mol. The third kappa shape index (κ3) is 4.74. The summed E-state index contributed by atoms with van der Waals surface area (Å²) in [7, 11) is 0. The summed E-state index contributed by atoms with van der Waals surface area (Å²) in [4.78, 5) is 16.2. The van der Waals surface area contributed by atoms with Crippen LogP contribution in [0.25, 0.3) is 10.8 Å². The zero-order valence-electron chi connectivity index (χ0n) is 14.1. The van der Waals surface area contributed by atoms with Crippen molar-refractivity contribution in [3.05, 3.63) is 71.8 Å². The minimum Gasteiger partial charge on any atom is -0.508 e. The van der Waals surface area contributed by atoms with Gasteiger partial charge in [-0.2, -0.15) is 0 Å². The Morgan fingerprint density at radius 2 is 1.52 bits per heavy atom. The summed E-state index contributed by atoms with van der Waals surface area (Å²) >= 11 is 0. The number of guanidine groups is 1. The molecule has 0 bridgehead atoms. The lowest BCUT2D eigenvalue weighted by molar-refractivity contribution is 0.0977. The first-order chi connectivity index (χ1) is 12.4. The smallest absolute Gasteiger partial charge is 0.256 e. The molecule has 3 rings (SSSR count). The number of benzene rings is 3. The van der Waals surface area contributed by atoms with Crippen molar-refractivity contribution in [2.75, 3.05) is 0 Å². The Kier molecular flexibility index (Phi) is 5.99. The van der Waals surface area contributed by atoms with Crippen LogP contribution in [0.4, 0.5) is 5.69 Å². The molecule has 3 aromatic carbocycles. The second-order valence-electron chi connectivity index (χ2n) is 5.66. The molecule has 0 aromatic heterocycles. The largest absolute Gasteiger partial charge is 0.508 e. The lowest BCUT2D eigenvalue weighted by Gasteiger charge is -2.08. The highest BCUT2D eigenvalue weighted by molar-refractivity contribution is 6.12. The molecule has 8 heteroatoms. The van der Waals surface area contributed by atoms with Gasteiger partial charge in [0.1, 0.15) is 11.6 Å². The lowest BCUT2D eigenvalue weighted by atomic mass is 10.1. The lowest BCUT2D eigenvalue weighted by Crippen LogP contribution is -2.30. The minimum absolute atomic E-state index is 0. The van der Waals surface area contributed by atoms with Crippen LogP contribution < -0.4 is 16.8 Å². The van der Waals surface area contributed by atoms with E-state index in [0.29, 0.717) is 16.8 Å². The van der Waals surface area contributed by atoms with Gasteiger partial charge in [0.2, 0.25) is 0 Å². The van der Waals surface area contributed by atoms with Gasteiger partial charge >= 0.3 is 0 Å². The second-order valence-corrected chi connectivity index (χ2v) is 5.66. The number of nitrogens with zero attached hydrogens (tertiary/aromatic N) is 1. The molecule has 0 aliphatic rings. The number of hydrogen-bond acceptors (Lipinski definition) is 4. The maximum absolute atomic E-state index is 12.3. The van der Waals surface area contributed by atoms with E-state index in [-0.39, 0.29) is 30.0 Å². The summed E-state index contributed by atoms with van der Waals surface area (Å²) in [5.41, 5.74) is 12.1. The number of aliphatic imine (C=N–C) groups is 1. The van der Waals surface area contributed by atoms with Crippen molar-refractivity contribution >= 4 is 46.6 Å². The molecule has 0 atom stereocenters. The maximum Gasteiger partial charge on any atom is 0.256 e. The summed E-state index contributed by atoms with van der Waals surface area (Å²) < 4.78 is 0. The van der Waals surface area contributed by atoms with Gasteiger partial charge < -0.3 is 21.9 Å². The topological polar surface area (TPSA) is 138 Å². The van der Waals surface area contributed by atoms with Crippen molar-refractivity contribution < 1.29 is 9.90 Å². The van der Waals surface area contributed by atoms with Gasteiger partial charge in [0.15, 0.2) is 5.96 Å². The Hall–Kier alpha value is -3.58. The van der Waals surface area contributed by atoms with E-state index in [9.17, 15) is 9.90 Å². The third-order valence-electron chi connectivity index (χ3n) is 3.74. The molecule has 27 heavy (non-hydrogen) atoms. The predicted octanol–water partition coefficient (Wildman–Crippen LogP) is 2.63. The monoisotopic (exact) mass is 383 g/mol. The van der Waals surface area contributed by atoms with Gasteiger partial charge in [0, 0.05) is 11.1 Å². The number of aromatic hydroxyl groups is 1. The molecule has 0 aliphatic carbocycles. The van der Waals surface area contributed by atoms with E-state index in [1.807, 2.05) is 0 Å². The molecule has 3 aromatic rings. The molecule has 0 unspecified atom stereocenters. The van der Waals surface area contributed by atoms with Crippen LogP contribution in [0.1, 0.15) is 15.9 Å². The van der Waals surface area contributed by atoms with E-state index in [2.05, 4.69) is 10.3 Å². The van der Waals surface area contributed by atoms with Crippen LogP contribution in [0.3, 0.4) is 0 Å². The van der Waals surface area contributed by atoms with E-state index >= 15 is 0 Å². The fraction of sp³-hybridized carbons (Fsp3) is 0. The fourth-order valence-electron chi connectivity index (χ4n) is 2.48. The van der Waals surface area contributed by atoms with Crippen molar-refractivity contribution in [3.8, 4) is 5.75 Å². The quantitative estimate of drug-likeness (QED) is 0.350. The number of rotatable bonds is 3. The Balaban J connectivity index is 0.00000261. The standard InChI is InChI=1S/C19H17N5O2.ClH/c20-17(14-2-1-13-10-16(25)8-5-12(13)9-14)24-18(26)11-3-6-15(7-4-11)23-19(21)22;/h1-10,25H,(H2,20,24,26)(H4,21,22,23);1H. The average Bonchev–Trinajstić information content (AvgIpc) is 2.61. The molecule has 7 nitrogen and oxygen atoms in total. The number of hydrogen-bond donors (Lipinski definition) is 5. The molecule has 138 valence electrons. The summed E-state index contributed by atoms with van der Waals surface area (Å²) in [6.07, 6.45) is 0. The molecule has 0 radical (unpaired) electrons. The van der Waals surface area contributed by atoms with Crippen molar-refractivity contribution in [1.29, 1.82) is 5.41 Å². The van der Waals surface area contributed by atoms with Gasteiger partial charge in [-0.25, -0.2) is 4.99 Å². The highest BCUT2D eigenvalue weighted by atomic mass is 35.5. The molecule has 0 aliphatic heterocycles. The van der Waals surface area contributed by atoms with Crippen LogP contribution in [-0.2, 0) is 0 Å². The Labute approximate surface area is 161 Å². The van der Waals surface area contributed by atoms with Gasteiger partial charge in [0.25, 0.3) is 5.91 Å². The van der Waals surface area contributed by atoms with Crippen LogP contribution in [0.5, 0.6) is 5.75 Å². The first-order valence-corrected chi connectivity index (χ1v) is 7.75. The molecule has 7 N–H and O–H groups in total. The zero-order chi connectivity index (χ0) is 18.7. The Morgan fingerprint density at radius 3 is 2.19 bits per heavy atom. The van der Waals surface area contributed by atoms with Gasteiger partial charge in [-0.3, -0.25) is 10.2 Å². The van der Waals surface area contributed by atoms with E-state index in [4.69, 9.17) is 16.9 Å². The van der Waals surface area contributed by atoms with E-state index < -0.39 is 5.91 Å². The number of nitrogens with two attached hydrogens (primary N) is 2. The van der Waals surface area contributed by atoms with Crippen molar-refractivity contribution in [2.24, 2.45) is 16.5 Å². The molecule has 0 spiro atoms. The normalized spacial score (nSPS) is 9.93. The fourth-order valence-corrected chi connectivity index (χ4v) is 2.48. The first-order valence-electron chi connectivity index (χ1n) is 7.75. The molecular formula is C19H18ClN5O2. The molecule has 0 fully saturated rings. The van der Waals surface area contributed by atoms with Crippen LogP contribution in [0, 0.1) is 5.41 Å². The van der Waals surface area contributed by atoms with Gasteiger partial charge in [-0.15, -0.1) is 12.4 Å². The number of carbonyl (C=O) groups excluding carboxylic acids is 1. The summed E-state index contributed by atoms with van der Waals surface area (Å²) in [5, 5.41) is 21.9. The molecule has 0 heterocycles. The SMILES string of the molecule is Cl.N=C(NC(=O)c1ccc(N=C(N)N)cc1)c1ccc2cc(O)ccc2c1. The van der Waals surface area contributed by atoms with Crippen LogP contribution in [0.2, 0.25) is 0 Å². The number of fused-ring (bicyclic) bond motifs is 1. The van der Waals surface area contributed by atoms with Crippen molar-refractivity contribution in [1.82, 2.24) is 5.32 Å². The summed E-state index contributed by atoms with van der Waals surface area (Å²) in [6, 6.07) is 16.6. The number of amides is 1. The predicted molar refractivity (Wildman–Crippen MR) is 109 cm³/mol. The minimum atomic E-state index is -0.406. The number of phenols is 1. The number of phenolic OH excluding ortho intramolecular Hbond substituents is 1. The van der Waals surface area contributed by atoms with Crippen LogP contribution in [-0.4, -0.2) is 22.8 Å². The Bertz CT molecular complexity index is 1030. The molecule has 1 amide bonds. The highest BCUT2D eigenvalue weighted by Crippen LogP contribution is 2.21. The maximum atomic E-state index is 12.3. The van der Waals surface area contributed by atoms with Gasteiger partial charge in [-0.05, 0) is 53.2 Å². The number of carbonyl (C=O) groups is 1.